The van der Waals surface area contributed by atoms with Crippen LogP contribution >= 0.6 is 0 Å². The maximum absolute atomic E-state index is 11.4. The topological polar surface area (TPSA) is 46.1 Å². The van der Waals surface area contributed by atoms with Crippen molar-refractivity contribution in [3.63, 3.8) is 0 Å². The van der Waals surface area contributed by atoms with E-state index in [0.29, 0.717) is 0 Å². The summed E-state index contributed by atoms with van der Waals surface area (Å²) in [6, 6.07) is 15.9. The van der Waals surface area contributed by atoms with Gasteiger partial charge in [0, 0.05) is 18.1 Å². The Labute approximate surface area is 140 Å². The average Bonchev–Trinajstić information content (AvgIpc) is 2.68. The SMILES string of the molecule is O=C=C1CCCCN1c1cc(-c2ccccn2)nc2ccccc12. The van der Waals surface area contributed by atoms with Crippen LogP contribution in [0.4, 0.5) is 5.69 Å². The van der Waals surface area contributed by atoms with E-state index in [1.807, 2.05) is 42.5 Å². The van der Waals surface area contributed by atoms with E-state index >= 15 is 0 Å². The Balaban J connectivity index is 1.94. The van der Waals surface area contributed by atoms with Crippen LogP contribution in [0.25, 0.3) is 22.3 Å². The van der Waals surface area contributed by atoms with E-state index in [1.165, 1.54) is 0 Å². The highest BCUT2D eigenvalue weighted by Crippen LogP contribution is 2.34. The number of para-hydroxylation sites is 1. The molecule has 0 unspecified atom stereocenters. The number of aromatic nitrogens is 2. The van der Waals surface area contributed by atoms with E-state index in [2.05, 4.69) is 21.9 Å². The Kier molecular flexibility index (Phi) is 3.81. The van der Waals surface area contributed by atoms with E-state index in [9.17, 15) is 4.79 Å². The fourth-order valence-electron chi connectivity index (χ4n) is 3.23. The normalized spacial score (nSPS) is 14.7. The molecule has 0 spiro atoms. The second kappa shape index (κ2) is 6.26. The maximum Gasteiger partial charge on any atom is 0.146 e. The number of fused-ring (bicyclic) bond motifs is 1. The van der Waals surface area contributed by atoms with Crippen molar-refractivity contribution in [2.45, 2.75) is 19.3 Å². The summed E-state index contributed by atoms with van der Waals surface area (Å²) in [6.45, 7) is 0.834. The third kappa shape index (κ3) is 2.57. The third-order valence-corrected chi connectivity index (χ3v) is 4.40. The highest BCUT2D eigenvalue weighted by atomic mass is 16.1. The van der Waals surface area contributed by atoms with Crippen molar-refractivity contribution in [3.05, 3.63) is 60.4 Å². The molecule has 0 aliphatic carbocycles. The van der Waals surface area contributed by atoms with Crippen LogP contribution in [0, 0.1) is 0 Å². The molecule has 0 atom stereocenters. The van der Waals surface area contributed by atoms with Crippen molar-refractivity contribution in [1.82, 2.24) is 9.97 Å². The van der Waals surface area contributed by atoms with E-state index in [-0.39, 0.29) is 0 Å². The third-order valence-electron chi connectivity index (χ3n) is 4.40. The number of carbonyl (C=O) groups excluding carboxylic acids is 1. The number of hydrogen-bond acceptors (Lipinski definition) is 4. The van der Waals surface area contributed by atoms with Gasteiger partial charge in [0.05, 0.1) is 22.6 Å². The van der Waals surface area contributed by atoms with Crippen molar-refractivity contribution >= 4 is 22.5 Å². The Morgan fingerprint density at radius 1 is 1.00 bits per heavy atom. The number of anilines is 1. The zero-order valence-corrected chi connectivity index (χ0v) is 13.3. The second-order valence-electron chi connectivity index (χ2n) is 5.92. The molecule has 3 heterocycles. The summed E-state index contributed by atoms with van der Waals surface area (Å²) in [4.78, 5) is 22.7. The number of benzene rings is 1. The summed E-state index contributed by atoms with van der Waals surface area (Å²) >= 11 is 0. The minimum atomic E-state index is 0.726. The van der Waals surface area contributed by atoms with Gasteiger partial charge in [0.2, 0.25) is 0 Å². The van der Waals surface area contributed by atoms with Crippen LogP contribution in [-0.2, 0) is 4.79 Å². The Morgan fingerprint density at radius 3 is 2.71 bits per heavy atom. The molecule has 1 fully saturated rings. The molecule has 2 aromatic heterocycles. The predicted octanol–water partition coefficient (Wildman–Crippen LogP) is 4.00. The largest absolute Gasteiger partial charge is 0.335 e. The molecule has 4 rings (SSSR count). The Hall–Kier alpha value is -2.97. The molecule has 0 radical (unpaired) electrons. The molecular weight excluding hydrogens is 298 g/mol. The number of pyridine rings is 2. The first-order valence-corrected chi connectivity index (χ1v) is 8.19. The standard InChI is InChI=1S/C20H17N3O/c24-14-15-7-4-6-12-23(15)20-13-19(18-10-3-5-11-21-18)22-17-9-2-1-8-16(17)20/h1-3,5,8-11,13H,4,6-7,12H2. The van der Waals surface area contributed by atoms with Gasteiger partial charge in [0.15, 0.2) is 0 Å². The van der Waals surface area contributed by atoms with Gasteiger partial charge in [-0.05, 0) is 43.5 Å². The van der Waals surface area contributed by atoms with Crippen molar-refractivity contribution in [3.8, 4) is 11.4 Å². The molecule has 1 saturated heterocycles. The zero-order valence-electron chi connectivity index (χ0n) is 13.3. The van der Waals surface area contributed by atoms with Crippen LogP contribution in [0.3, 0.4) is 0 Å². The molecule has 4 heteroatoms. The van der Waals surface area contributed by atoms with E-state index in [4.69, 9.17) is 4.98 Å². The molecule has 0 amide bonds. The minimum absolute atomic E-state index is 0.726. The number of piperidine rings is 1. The van der Waals surface area contributed by atoms with Gasteiger partial charge in [-0.2, -0.15) is 0 Å². The Morgan fingerprint density at radius 2 is 1.88 bits per heavy atom. The molecule has 1 aliphatic rings. The quantitative estimate of drug-likeness (QED) is 0.671. The lowest BCUT2D eigenvalue weighted by atomic mass is 10.0. The van der Waals surface area contributed by atoms with Crippen LogP contribution < -0.4 is 4.90 Å². The highest BCUT2D eigenvalue weighted by molar-refractivity contribution is 5.95. The van der Waals surface area contributed by atoms with Gasteiger partial charge in [0.1, 0.15) is 11.6 Å². The van der Waals surface area contributed by atoms with Crippen molar-refractivity contribution in [2.24, 2.45) is 0 Å². The fraction of sp³-hybridized carbons (Fsp3) is 0.200. The van der Waals surface area contributed by atoms with Crippen molar-refractivity contribution in [1.29, 1.82) is 0 Å². The van der Waals surface area contributed by atoms with Gasteiger partial charge >= 0.3 is 0 Å². The molecular formula is C20H17N3O. The van der Waals surface area contributed by atoms with E-state index < -0.39 is 0 Å². The molecule has 118 valence electrons. The average molecular weight is 315 g/mol. The summed E-state index contributed by atoms with van der Waals surface area (Å²) in [7, 11) is 0. The molecule has 4 nitrogen and oxygen atoms in total. The summed E-state index contributed by atoms with van der Waals surface area (Å²) in [5.74, 6) is 2.13. The van der Waals surface area contributed by atoms with E-state index in [0.717, 1.165) is 59.5 Å². The lowest BCUT2D eigenvalue weighted by molar-refractivity contribution is 0.558. The van der Waals surface area contributed by atoms with Gasteiger partial charge in [-0.15, -0.1) is 0 Å². The fourth-order valence-corrected chi connectivity index (χ4v) is 3.23. The summed E-state index contributed by atoms with van der Waals surface area (Å²) in [6.07, 6.45) is 4.65. The number of nitrogens with zero attached hydrogens (tertiary/aromatic N) is 3. The lowest BCUT2D eigenvalue weighted by Gasteiger charge is -2.30. The van der Waals surface area contributed by atoms with Gasteiger partial charge in [-0.1, -0.05) is 24.3 Å². The van der Waals surface area contributed by atoms with Gasteiger partial charge < -0.3 is 4.90 Å². The molecule has 0 N–H and O–H groups in total. The summed E-state index contributed by atoms with van der Waals surface area (Å²) in [5, 5.41) is 1.05. The first-order valence-electron chi connectivity index (χ1n) is 8.19. The summed E-state index contributed by atoms with van der Waals surface area (Å²) < 4.78 is 0. The summed E-state index contributed by atoms with van der Waals surface area (Å²) in [5.41, 5.74) is 4.30. The van der Waals surface area contributed by atoms with Crippen LogP contribution in [0.2, 0.25) is 0 Å². The maximum atomic E-state index is 11.4. The monoisotopic (exact) mass is 315 g/mol. The molecule has 24 heavy (non-hydrogen) atoms. The molecule has 3 aromatic rings. The van der Waals surface area contributed by atoms with Crippen molar-refractivity contribution in [2.75, 3.05) is 11.4 Å². The van der Waals surface area contributed by atoms with Gasteiger partial charge in [-0.25, -0.2) is 9.78 Å². The molecule has 1 aromatic carbocycles. The smallest absolute Gasteiger partial charge is 0.146 e. The van der Waals surface area contributed by atoms with Gasteiger partial charge in [-0.3, -0.25) is 4.98 Å². The first-order chi connectivity index (χ1) is 11.9. The van der Waals surface area contributed by atoms with Crippen LogP contribution in [0.5, 0.6) is 0 Å². The first kappa shape index (κ1) is 14.6. The Bertz CT molecular complexity index is 930. The molecule has 0 saturated carbocycles. The number of hydrogen-bond donors (Lipinski definition) is 0. The molecule has 1 aliphatic heterocycles. The van der Waals surface area contributed by atoms with Gasteiger partial charge in [0.25, 0.3) is 0 Å². The van der Waals surface area contributed by atoms with Crippen molar-refractivity contribution < 1.29 is 4.79 Å². The molecule has 0 bridgehead atoms. The van der Waals surface area contributed by atoms with E-state index in [1.54, 1.807) is 6.20 Å². The number of rotatable bonds is 2. The lowest BCUT2D eigenvalue weighted by Crippen LogP contribution is -2.28. The predicted molar refractivity (Wildman–Crippen MR) is 95.4 cm³/mol. The highest BCUT2D eigenvalue weighted by Gasteiger charge is 2.21. The van der Waals surface area contributed by atoms with Crippen LogP contribution in [-0.4, -0.2) is 22.5 Å². The second-order valence-corrected chi connectivity index (χ2v) is 5.92. The van der Waals surface area contributed by atoms with Crippen LogP contribution in [0.1, 0.15) is 19.3 Å². The number of allylic oxidation sites excluding steroid dienone is 1. The minimum Gasteiger partial charge on any atom is -0.335 e. The van der Waals surface area contributed by atoms with Crippen LogP contribution in [0.15, 0.2) is 60.4 Å². The zero-order chi connectivity index (χ0) is 16.4.